The van der Waals surface area contributed by atoms with Gasteiger partial charge < -0.3 is 30.5 Å². The van der Waals surface area contributed by atoms with Crippen LogP contribution in [-0.2, 0) is 10.0 Å². The summed E-state index contributed by atoms with van der Waals surface area (Å²) in [6, 6.07) is 4.23. The van der Waals surface area contributed by atoms with E-state index >= 15 is 0 Å². The Hall–Kier alpha value is -3.30. The maximum Gasteiger partial charge on any atom is 0.282 e. The van der Waals surface area contributed by atoms with Crippen molar-refractivity contribution in [3.63, 3.8) is 0 Å². The molecule has 0 aromatic carbocycles. The molecule has 0 unspecified atom stereocenters. The van der Waals surface area contributed by atoms with Crippen LogP contribution in [0, 0.1) is 10.6 Å². The number of hydrogen-bond donors (Lipinski definition) is 3. The Morgan fingerprint density at radius 3 is 2.46 bits per heavy atom. The number of rotatable bonds is 9. The van der Waals surface area contributed by atoms with Gasteiger partial charge in [-0.25, -0.2) is 27.2 Å². The van der Waals surface area contributed by atoms with Crippen LogP contribution in [0.15, 0.2) is 24.4 Å². The summed E-state index contributed by atoms with van der Waals surface area (Å²) in [4.78, 5) is 24.9. The Morgan fingerprint density at radius 1 is 1.18 bits per heavy atom. The molecule has 2 aliphatic heterocycles. The zero-order chi connectivity index (χ0) is 28.0. The number of alkyl halides is 2. The number of aliphatic hydroxyl groups is 1. The largest absolute Gasteiger partial charge is 0.758 e. The molecule has 1 saturated carbocycles. The number of halogens is 2. The molecule has 0 bridgehead atoms. The number of nitrogens with zero attached hydrogens (tertiary/aromatic N) is 5. The van der Waals surface area contributed by atoms with Crippen LogP contribution in [0.1, 0.15) is 36.2 Å². The lowest BCUT2D eigenvalue weighted by atomic mass is 9.93. The number of sulfonamides is 1. The van der Waals surface area contributed by atoms with Crippen molar-refractivity contribution in [1.29, 1.82) is 0 Å². The quantitative estimate of drug-likeness (QED) is 0.385. The van der Waals surface area contributed by atoms with E-state index < -0.39 is 47.3 Å². The zero-order valence-electron chi connectivity index (χ0n) is 21.4. The van der Waals surface area contributed by atoms with Gasteiger partial charge in [-0.3, -0.25) is 9.52 Å². The van der Waals surface area contributed by atoms with E-state index in [1.807, 2.05) is 0 Å². The van der Waals surface area contributed by atoms with Crippen LogP contribution in [0.5, 0.6) is 0 Å². The zero-order valence-corrected chi connectivity index (χ0v) is 22.2. The van der Waals surface area contributed by atoms with Crippen molar-refractivity contribution in [2.24, 2.45) is 5.41 Å². The number of aliphatic hydroxyl groups excluding tert-OH is 1. The van der Waals surface area contributed by atoms with Crippen molar-refractivity contribution in [2.45, 2.75) is 31.6 Å². The van der Waals surface area contributed by atoms with Gasteiger partial charge in [0.2, 0.25) is 10.0 Å². The van der Waals surface area contributed by atoms with Crippen LogP contribution in [0.25, 0.3) is 0 Å². The van der Waals surface area contributed by atoms with Gasteiger partial charge in [0.25, 0.3) is 11.8 Å². The third kappa shape index (κ3) is 5.99. The highest BCUT2D eigenvalue weighted by Gasteiger charge is 2.46. The summed E-state index contributed by atoms with van der Waals surface area (Å²) in [6.45, 7) is -0.332. The lowest BCUT2D eigenvalue weighted by molar-refractivity contribution is -0.0266. The monoisotopic (exact) mass is 566 g/mol. The second-order valence-electron chi connectivity index (χ2n) is 10.4. The van der Waals surface area contributed by atoms with Gasteiger partial charge in [-0.2, -0.15) is 0 Å². The second kappa shape index (κ2) is 10.0. The minimum atomic E-state index is -3.82. The highest BCUT2D eigenvalue weighted by Crippen LogP contribution is 2.54. The second-order valence-corrected chi connectivity index (χ2v) is 12.3. The van der Waals surface area contributed by atoms with Crippen LogP contribution in [0.2, 0.25) is 0 Å². The predicted molar refractivity (Wildman–Crippen MR) is 143 cm³/mol. The molecule has 3 N–H and O–H groups in total. The fourth-order valence-electron chi connectivity index (χ4n) is 4.98. The van der Waals surface area contributed by atoms with E-state index in [2.05, 4.69) is 24.9 Å². The Kier molecular flexibility index (Phi) is 7.01. The molecule has 4 heterocycles. The molecule has 1 aliphatic carbocycles. The van der Waals surface area contributed by atoms with Crippen molar-refractivity contribution >= 4 is 44.6 Å². The Balaban J connectivity index is 1.41. The summed E-state index contributed by atoms with van der Waals surface area (Å²) in [5.74, 6) is -3.99. The molecule has 1 spiro atoms. The van der Waals surface area contributed by atoms with Crippen LogP contribution < -0.4 is 24.9 Å². The average Bonchev–Trinajstić information content (AvgIpc) is 3.61. The fraction of sp³-hybridized carbons (Fsp3) is 0.542. The molecule has 3 aliphatic rings. The van der Waals surface area contributed by atoms with Gasteiger partial charge in [-0.05, 0) is 50.3 Å². The number of nitrogens with one attached hydrogen (secondary N) is 2. The molecule has 1 amide bonds. The van der Waals surface area contributed by atoms with E-state index in [9.17, 15) is 27.2 Å². The van der Waals surface area contributed by atoms with E-state index in [1.54, 1.807) is 0 Å². The topological polar surface area (TPSA) is 154 Å². The van der Waals surface area contributed by atoms with Gasteiger partial charge in [0.1, 0.15) is 11.5 Å². The Morgan fingerprint density at radius 2 is 1.87 bits per heavy atom. The molecule has 0 radical (unpaired) electrons. The number of hydroxylamine groups is 1. The van der Waals surface area contributed by atoms with Gasteiger partial charge in [0, 0.05) is 19.2 Å². The highest BCUT2D eigenvalue weighted by molar-refractivity contribution is 7.92. The number of carbonyl (C=O) groups excluding carboxylic acids is 1. The predicted octanol–water partition coefficient (Wildman–Crippen LogP) is 2.23. The van der Waals surface area contributed by atoms with E-state index in [0.29, 0.717) is 34.9 Å². The van der Waals surface area contributed by atoms with Crippen molar-refractivity contribution in [3.05, 3.63) is 35.3 Å². The van der Waals surface area contributed by atoms with Gasteiger partial charge in [0.15, 0.2) is 5.82 Å². The average molecular weight is 567 g/mol. The number of hydrogen-bond acceptors (Lipinski definition) is 10. The van der Waals surface area contributed by atoms with Crippen LogP contribution in [-0.4, -0.2) is 80.9 Å². The first-order valence-electron chi connectivity index (χ1n) is 12.6. The van der Waals surface area contributed by atoms with Gasteiger partial charge in [-0.1, -0.05) is 0 Å². The van der Waals surface area contributed by atoms with Crippen molar-refractivity contribution in [2.75, 3.05) is 70.5 Å². The molecule has 2 saturated heterocycles. The van der Waals surface area contributed by atoms with E-state index in [1.165, 1.54) is 49.2 Å². The van der Waals surface area contributed by atoms with Crippen molar-refractivity contribution < 1.29 is 27.1 Å². The molecule has 212 valence electrons. The molecule has 3 fully saturated rings. The number of aromatic nitrogens is 2. The minimum Gasteiger partial charge on any atom is -0.758 e. The summed E-state index contributed by atoms with van der Waals surface area (Å²) in [5, 5.41) is 24.3. The molecule has 15 heteroatoms. The summed E-state index contributed by atoms with van der Waals surface area (Å²) < 4.78 is 53.7. The number of carbonyl (C=O) groups is 1. The molecule has 12 nitrogen and oxygen atoms in total. The molecule has 2 aromatic heterocycles. The number of anilines is 5. The molecule has 39 heavy (non-hydrogen) atoms. The summed E-state index contributed by atoms with van der Waals surface area (Å²) in [7, 11) is -2.60. The van der Waals surface area contributed by atoms with Crippen LogP contribution in [0.4, 0.5) is 37.5 Å². The minimum absolute atomic E-state index is 0.0103. The first-order valence-corrected chi connectivity index (χ1v) is 14.3. The van der Waals surface area contributed by atoms with Crippen molar-refractivity contribution in [3.8, 4) is 0 Å². The molecule has 2 aromatic rings. The summed E-state index contributed by atoms with van der Waals surface area (Å²) in [6.07, 6.45) is 5.67. The van der Waals surface area contributed by atoms with Gasteiger partial charge >= 0.3 is 0 Å². The van der Waals surface area contributed by atoms with E-state index in [-0.39, 0.29) is 23.0 Å². The van der Waals surface area contributed by atoms with Gasteiger partial charge in [0.05, 0.1) is 48.7 Å². The maximum atomic E-state index is 13.5. The Labute approximate surface area is 224 Å². The van der Waals surface area contributed by atoms with E-state index in [0.717, 1.165) is 12.8 Å². The normalized spacial score (nSPS) is 19.4. The van der Waals surface area contributed by atoms with E-state index in [4.69, 9.17) is 5.11 Å². The molecule has 0 atom stereocenters. The maximum absolute atomic E-state index is 13.5. The van der Waals surface area contributed by atoms with Crippen LogP contribution >= 0.6 is 0 Å². The molecular formula is C24H30F2N7O5S-. The number of pyridine rings is 2. The first kappa shape index (κ1) is 27.3. The van der Waals surface area contributed by atoms with Gasteiger partial charge in [-0.15, -0.1) is 0 Å². The Bertz CT molecular complexity index is 1350. The highest BCUT2D eigenvalue weighted by atomic mass is 32.2. The fourth-order valence-corrected chi connectivity index (χ4v) is 5.75. The standard InChI is InChI=1S/C24H30F2N7O5S/c1-31(36)18-3-2-16(28-21(18)33-14-24(25,26)15-33)22(35)29-17-13-27-20(30-39(37,38)11-10-34)12-19(17)32-8-6-23(4-5-23)7-9-32/h2-3,12-13,34H,4-11,14-15H2,1H3,(H,27,30)(H,29,35)/q-1. The number of piperidine rings is 1. The van der Waals surface area contributed by atoms with Crippen LogP contribution in [0.3, 0.4) is 0 Å². The molecular weight excluding hydrogens is 536 g/mol. The molecule has 5 rings (SSSR count). The van der Waals surface area contributed by atoms with Crippen molar-refractivity contribution in [1.82, 2.24) is 9.97 Å². The SMILES string of the molecule is CN([O-])c1ccc(C(=O)Nc2cnc(NS(=O)(=O)CCO)cc2N2CCC3(CC2)CC3)nc1N1CC(F)(F)C1. The summed E-state index contributed by atoms with van der Waals surface area (Å²) in [5.41, 5.74) is 1.24. The lowest BCUT2D eigenvalue weighted by Crippen LogP contribution is -2.57. The lowest BCUT2D eigenvalue weighted by Gasteiger charge is -2.42. The summed E-state index contributed by atoms with van der Waals surface area (Å²) >= 11 is 0. The number of amides is 1. The third-order valence-electron chi connectivity index (χ3n) is 7.44. The third-order valence-corrected chi connectivity index (χ3v) is 8.68. The first-order chi connectivity index (χ1) is 18.4. The smallest absolute Gasteiger partial charge is 0.282 e.